The van der Waals surface area contributed by atoms with E-state index in [9.17, 15) is 21.6 Å². The number of imidazole rings is 1. The molecule has 10 heteroatoms. The number of pyridine rings is 1. The summed E-state index contributed by atoms with van der Waals surface area (Å²) in [6.45, 7) is 1.78. The molecule has 6 nitrogen and oxygen atoms in total. The molecule has 0 amide bonds. The van der Waals surface area contributed by atoms with Gasteiger partial charge < -0.3 is 0 Å². The minimum Gasteiger partial charge on any atom is -0.288 e. The van der Waals surface area contributed by atoms with Crippen molar-refractivity contribution in [2.24, 2.45) is 0 Å². The fourth-order valence-corrected chi connectivity index (χ4v) is 3.35. The van der Waals surface area contributed by atoms with E-state index in [1.54, 1.807) is 30.0 Å². The second-order valence-corrected chi connectivity index (χ2v) is 7.06. The molecule has 1 aromatic carbocycles. The zero-order valence-electron chi connectivity index (χ0n) is 13.4. The van der Waals surface area contributed by atoms with Gasteiger partial charge in [-0.15, -0.1) is 0 Å². The van der Waals surface area contributed by atoms with E-state index in [4.69, 9.17) is 0 Å². The van der Waals surface area contributed by atoms with Gasteiger partial charge in [0.2, 0.25) is 0 Å². The molecule has 0 bridgehead atoms. The predicted octanol–water partition coefficient (Wildman–Crippen LogP) is 3.40. The molecular formula is C16H13F3N4O2S. The Morgan fingerprint density at radius 2 is 1.88 bits per heavy atom. The van der Waals surface area contributed by atoms with E-state index in [-0.39, 0.29) is 5.69 Å². The van der Waals surface area contributed by atoms with Crippen molar-refractivity contribution in [2.75, 3.05) is 4.72 Å². The molecule has 0 atom stereocenters. The highest BCUT2D eigenvalue weighted by Gasteiger charge is 2.31. The fraction of sp³-hybridized carbons (Fsp3) is 0.125. The Bertz CT molecular complexity index is 1030. The normalized spacial score (nSPS) is 12.2. The third kappa shape index (κ3) is 3.69. The Morgan fingerprint density at radius 3 is 2.46 bits per heavy atom. The molecule has 0 aliphatic rings. The highest BCUT2D eigenvalue weighted by molar-refractivity contribution is 7.92. The summed E-state index contributed by atoms with van der Waals surface area (Å²) >= 11 is 0. The zero-order valence-corrected chi connectivity index (χ0v) is 14.2. The van der Waals surface area contributed by atoms with Crippen molar-refractivity contribution >= 4 is 15.7 Å². The fourth-order valence-electron chi connectivity index (χ4n) is 2.26. The maximum atomic E-state index is 12.8. The molecule has 3 aromatic rings. The van der Waals surface area contributed by atoms with Gasteiger partial charge in [0.1, 0.15) is 11.6 Å². The minimum absolute atomic E-state index is 0.129. The molecule has 0 radical (unpaired) electrons. The van der Waals surface area contributed by atoms with Crippen LogP contribution in [0.25, 0.3) is 5.82 Å². The van der Waals surface area contributed by atoms with Gasteiger partial charge in [-0.3, -0.25) is 9.29 Å². The first kappa shape index (κ1) is 17.9. The molecule has 0 aliphatic heterocycles. The molecule has 2 aromatic heterocycles. The number of aromatic nitrogens is 3. The van der Waals surface area contributed by atoms with Crippen LogP contribution in [-0.4, -0.2) is 23.0 Å². The van der Waals surface area contributed by atoms with Crippen LogP contribution in [0.5, 0.6) is 0 Å². The molecule has 0 unspecified atom stereocenters. The monoisotopic (exact) mass is 382 g/mol. The van der Waals surface area contributed by atoms with Crippen LogP contribution in [0.3, 0.4) is 0 Å². The molecule has 2 heterocycles. The van der Waals surface area contributed by atoms with Gasteiger partial charge >= 0.3 is 6.18 Å². The lowest BCUT2D eigenvalue weighted by atomic mass is 10.2. The molecule has 136 valence electrons. The highest BCUT2D eigenvalue weighted by atomic mass is 32.2. The van der Waals surface area contributed by atoms with E-state index in [0.717, 1.165) is 18.2 Å². The number of sulfonamides is 1. The maximum Gasteiger partial charge on any atom is 0.416 e. The van der Waals surface area contributed by atoms with E-state index >= 15 is 0 Å². The first-order valence-corrected chi connectivity index (χ1v) is 8.81. The summed E-state index contributed by atoms with van der Waals surface area (Å²) < 4.78 is 66.9. The SMILES string of the molecule is Cc1nccn1-c1ccc(NS(=O)(=O)c2cccc(C(F)(F)F)c2)cn1. The largest absolute Gasteiger partial charge is 0.416 e. The van der Waals surface area contributed by atoms with Gasteiger partial charge in [0.15, 0.2) is 0 Å². The van der Waals surface area contributed by atoms with E-state index in [1.807, 2.05) is 0 Å². The van der Waals surface area contributed by atoms with Crippen LogP contribution in [-0.2, 0) is 16.2 Å². The average molecular weight is 382 g/mol. The Kier molecular flexibility index (Phi) is 4.45. The number of halogens is 3. The molecule has 0 saturated carbocycles. The van der Waals surface area contributed by atoms with Crippen LogP contribution in [0.15, 0.2) is 59.9 Å². The van der Waals surface area contributed by atoms with Crippen LogP contribution >= 0.6 is 0 Å². The molecule has 1 N–H and O–H groups in total. The number of anilines is 1. The number of benzene rings is 1. The number of hydrogen-bond acceptors (Lipinski definition) is 4. The van der Waals surface area contributed by atoms with Crippen LogP contribution in [0, 0.1) is 6.92 Å². The van der Waals surface area contributed by atoms with Crippen molar-refractivity contribution < 1.29 is 21.6 Å². The number of rotatable bonds is 4. The average Bonchev–Trinajstić information content (AvgIpc) is 3.01. The van der Waals surface area contributed by atoms with Gasteiger partial charge in [0.05, 0.1) is 22.3 Å². The molecule has 26 heavy (non-hydrogen) atoms. The molecule has 0 fully saturated rings. The number of alkyl halides is 3. The maximum absolute atomic E-state index is 12.8. The van der Waals surface area contributed by atoms with Crippen molar-refractivity contribution in [3.8, 4) is 5.82 Å². The summed E-state index contributed by atoms with van der Waals surface area (Å²) in [5.74, 6) is 1.23. The van der Waals surface area contributed by atoms with Crippen molar-refractivity contribution in [3.05, 3.63) is 66.4 Å². The quantitative estimate of drug-likeness (QED) is 0.750. The second-order valence-electron chi connectivity index (χ2n) is 5.38. The first-order chi connectivity index (χ1) is 12.2. The Balaban J connectivity index is 1.85. The van der Waals surface area contributed by atoms with E-state index in [0.29, 0.717) is 17.7 Å². The molecular weight excluding hydrogens is 369 g/mol. The lowest BCUT2D eigenvalue weighted by molar-refractivity contribution is -0.137. The van der Waals surface area contributed by atoms with Crippen molar-refractivity contribution in [3.63, 3.8) is 0 Å². The smallest absolute Gasteiger partial charge is 0.288 e. The standard InChI is InChI=1S/C16H13F3N4O2S/c1-11-20-7-8-23(11)15-6-5-13(10-21-15)22-26(24,25)14-4-2-3-12(9-14)16(17,18)19/h2-10,22H,1H3. The summed E-state index contributed by atoms with van der Waals surface area (Å²) in [6, 6.07) is 6.56. The highest BCUT2D eigenvalue weighted by Crippen LogP contribution is 2.30. The summed E-state index contributed by atoms with van der Waals surface area (Å²) in [6.07, 6.45) is -0.0528. The van der Waals surface area contributed by atoms with E-state index in [1.165, 1.54) is 12.3 Å². The predicted molar refractivity (Wildman–Crippen MR) is 88.3 cm³/mol. The topological polar surface area (TPSA) is 76.9 Å². The number of nitrogens with one attached hydrogen (secondary N) is 1. The summed E-state index contributed by atoms with van der Waals surface area (Å²) in [5.41, 5.74) is -0.909. The summed E-state index contributed by atoms with van der Waals surface area (Å²) in [7, 11) is -4.18. The number of hydrogen-bond donors (Lipinski definition) is 1. The summed E-state index contributed by atoms with van der Waals surface area (Å²) in [4.78, 5) is 7.71. The van der Waals surface area contributed by atoms with Crippen LogP contribution in [0.4, 0.5) is 18.9 Å². The molecule has 3 rings (SSSR count). The van der Waals surface area contributed by atoms with Crippen molar-refractivity contribution in [1.29, 1.82) is 0 Å². The molecule has 0 saturated heterocycles. The third-order valence-corrected chi connectivity index (χ3v) is 4.92. The van der Waals surface area contributed by atoms with Gasteiger partial charge in [-0.05, 0) is 37.3 Å². The van der Waals surface area contributed by atoms with Crippen LogP contribution < -0.4 is 4.72 Å². The number of nitrogens with zero attached hydrogens (tertiary/aromatic N) is 3. The van der Waals surface area contributed by atoms with Gasteiger partial charge in [-0.2, -0.15) is 13.2 Å². The van der Waals surface area contributed by atoms with Gasteiger partial charge in [0, 0.05) is 12.4 Å². The van der Waals surface area contributed by atoms with Gasteiger partial charge in [-0.1, -0.05) is 6.07 Å². The van der Waals surface area contributed by atoms with Crippen molar-refractivity contribution in [2.45, 2.75) is 18.0 Å². The molecule has 0 spiro atoms. The Hall–Kier alpha value is -2.88. The first-order valence-electron chi connectivity index (χ1n) is 7.33. The Morgan fingerprint density at radius 1 is 1.12 bits per heavy atom. The number of aryl methyl sites for hydroxylation is 1. The van der Waals surface area contributed by atoms with E-state index in [2.05, 4.69) is 14.7 Å². The van der Waals surface area contributed by atoms with Gasteiger partial charge in [0.25, 0.3) is 10.0 Å². The third-order valence-electron chi connectivity index (χ3n) is 3.54. The van der Waals surface area contributed by atoms with E-state index < -0.39 is 26.7 Å². The Labute approximate surface area is 147 Å². The van der Waals surface area contributed by atoms with Crippen molar-refractivity contribution in [1.82, 2.24) is 14.5 Å². The van der Waals surface area contributed by atoms with Gasteiger partial charge in [-0.25, -0.2) is 18.4 Å². The van der Waals surface area contributed by atoms with Crippen LogP contribution in [0.1, 0.15) is 11.4 Å². The van der Waals surface area contributed by atoms with Crippen LogP contribution in [0.2, 0.25) is 0 Å². The second kappa shape index (κ2) is 6.45. The minimum atomic E-state index is -4.63. The lowest BCUT2D eigenvalue weighted by Crippen LogP contribution is -2.15. The zero-order chi connectivity index (χ0) is 18.9. The molecule has 0 aliphatic carbocycles. The summed E-state index contributed by atoms with van der Waals surface area (Å²) in [5, 5.41) is 0. The lowest BCUT2D eigenvalue weighted by Gasteiger charge is -2.11.